The van der Waals surface area contributed by atoms with E-state index in [9.17, 15) is 14.4 Å². The maximum absolute atomic E-state index is 12.4. The van der Waals surface area contributed by atoms with Crippen LogP contribution in [0, 0.1) is 5.92 Å². The summed E-state index contributed by atoms with van der Waals surface area (Å²) < 4.78 is 0. The molecule has 1 aliphatic heterocycles. The molecule has 3 rings (SSSR count). The van der Waals surface area contributed by atoms with Gasteiger partial charge < -0.3 is 10.2 Å². The molecule has 2 amide bonds. The lowest BCUT2D eigenvalue weighted by Gasteiger charge is -2.37. The highest BCUT2D eigenvalue weighted by Gasteiger charge is 2.34. The molecule has 3 N–H and O–H groups in total. The third kappa shape index (κ3) is 4.70. The molecule has 2 aliphatic rings. The van der Waals surface area contributed by atoms with Crippen LogP contribution in [0.5, 0.6) is 0 Å². The van der Waals surface area contributed by atoms with Crippen LogP contribution in [0.25, 0.3) is 0 Å². The van der Waals surface area contributed by atoms with Crippen LogP contribution in [0.15, 0.2) is 4.79 Å². The minimum absolute atomic E-state index is 0.0102. The minimum atomic E-state index is -0.342. The first-order valence-electron chi connectivity index (χ1n) is 9.34. The Kier molecular flexibility index (Phi) is 5.88. The van der Waals surface area contributed by atoms with E-state index in [4.69, 9.17) is 0 Å². The summed E-state index contributed by atoms with van der Waals surface area (Å²) in [6, 6.07) is 0.305. The van der Waals surface area contributed by atoms with Crippen LogP contribution in [0.1, 0.15) is 57.2 Å². The van der Waals surface area contributed by atoms with Crippen molar-refractivity contribution in [1.82, 2.24) is 25.4 Å². The van der Waals surface area contributed by atoms with Crippen LogP contribution in [-0.4, -0.2) is 51.0 Å². The lowest BCUT2D eigenvalue weighted by Crippen LogP contribution is -2.50. The number of rotatable bonds is 5. The molecular formula is C17H27N5O3. The quantitative estimate of drug-likeness (QED) is 0.680. The predicted molar refractivity (Wildman–Crippen MR) is 91.8 cm³/mol. The van der Waals surface area contributed by atoms with Crippen molar-refractivity contribution in [3.63, 3.8) is 0 Å². The van der Waals surface area contributed by atoms with E-state index < -0.39 is 0 Å². The Balaban J connectivity index is 1.50. The van der Waals surface area contributed by atoms with Gasteiger partial charge in [0.05, 0.1) is 5.92 Å². The summed E-state index contributed by atoms with van der Waals surface area (Å²) >= 11 is 0. The highest BCUT2D eigenvalue weighted by atomic mass is 16.2. The van der Waals surface area contributed by atoms with Crippen LogP contribution in [0.2, 0.25) is 0 Å². The van der Waals surface area contributed by atoms with Gasteiger partial charge in [-0.1, -0.05) is 25.7 Å². The number of amides is 2. The van der Waals surface area contributed by atoms with Crippen molar-refractivity contribution in [2.75, 3.05) is 13.1 Å². The molecule has 1 aliphatic carbocycles. The Bertz CT molecular complexity index is 645. The van der Waals surface area contributed by atoms with Gasteiger partial charge in [0, 0.05) is 32.0 Å². The molecule has 1 saturated carbocycles. The summed E-state index contributed by atoms with van der Waals surface area (Å²) in [5.74, 6) is 0.581. The zero-order valence-electron chi connectivity index (χ0n) is 14.6. The summed E-state index contributed by atoms with van der Waals surface area (Å²) in [6.07, 6.45) is 8.52. The predicted octanol–water partition coefficient (Wildman–Crippen LogP) is 0.718. The maximum atomic E-state index is 12.4. The van der Waals surface area contributed by atoms with Crippen LogP contribution in [0.4, 0.5) is 0 Å². The van der Waals surface area contributed by atoms with Gasteiger partial charge in [0.1, 0.15) is 5.82 Å². The van der Waals surface area contributed by atoms with Crippen molar-refractivity contribution in [2.45, 2.75) is 63.8 Å². The summed E-state index contributed by atoms with van der Waals surface area (Å²) in [7, 11) is 0. The molecule has 2 fully saturated rings. The molecule has 1 aromatic heterocycles. The summed E-state index contributed by atoms with van der Waals surface area (Å²) in [5, 5.41) is 9.03. The number of carbonyl (C=O) groups is 2. The number of likely N-dealkylation sites (tertiary alicyclic amines) is 1. The van der Waals surface area contributed by atoms with Crippen molar-refractivity contribution in [3.8, 4) is 0 Å². The Labute approximate surface area is 146 Å². The van der Waals surface area contributed by atoms with Gasteiger partial charge in [0.25, 0.3) is 0 Å². The molecule has 1 unspecified atom stereocenters. The highest BCUT2D eigenvalue weighted by Crippen LogP contribution is 2.27. The summed E-state index contributed by atoms with van der Waals surface area (Å²) in [4.78, 5) is 40.3. The third-order valence-corrected chi connectivity index (χ3v) is 5.29. The number of H-pyrrole nitrogens is 2. The van der Waals surface area contributed by atoms with Crippen molar-refractivity contribution in [1.29, 1.82) is 0 Å². The number of carbonyl (C=O) groups excluding carboxylic acids is 2. The molecule has 1 atom stereocenters. The van der Waals surface area contributed by atoms with Crippen molar-refractivity contribution in [2.24, 2.45) is 5.92 Å². The Hall–Kier alpha value is -2.12. The van der Waals surface area contributed by atoms with Gasteiger partial charge in [-0.2, -0.15) is 5.10 Å². The van der Waals surface area contributed by atoms with E-state index in [1.807, 2.05) is 4.90 Å². The monoisotopic (exact) mass is 349 g/mol. The first-order valence-corrected chi connectivity index (χ1v) is 9.34. The molecule has 8 heteroatoms. The minimum Gasteiger partial charge on any atom is -0.355 e. The zero-order valence-corrected chi connectivity index (χ0v) is 14.6. The van der Waals surface area contributed by atoms with Crippen molar-refractivity contribution in [3.05, 3.63) is 16.3 Å². The van der Waals surface area contributed by atoms with Crippen LogP contribution >= 0.6 is 0 Å². The average molecular weight is 349 g/mol. The molecule has 138 valence electrons. The summed E-state index contributed by atoms with van der Waals surface area (Å²) in [5.41, 5.74) is -0.342. The van der Waals surface area contributed by atoms with Gasteiger partial charge in [-0.05, 0) is 19.3 Å². The van der Waals surface area contributed by atoms with E-state index in [-0.39, 0.29) is 23.4 Å². The van der Waals surface area contributed by atoms with Crippen molar-refractivity contribution < 1.29 is 9.59 Å². The molecule has 0 bridgehead atoms. The van der Waals surface area contributed by atoms with E-state index in [1.165, 1.54) is 25.7 Å². The first-order chi connectivity index (χ1) is 12.1. The number of aromatic amines is 2. The van der Waals surface area contributed by atoms with Gasteiger partial charge in [0.15, 0.2) is 0 Å². The van der Waals surface area contributed by atoms with E-state index >= 15 is 0 Å². The molecule has 2 heterocycles. The van der Waals surface area contributed by atoms with Gasteiger partial charge >= 0.3 is 5.69 Å². The number of piperidine rings is 1. The van der Waals surface area contributed by atoms with Crippen LogP contribution in [-0.2, 0) is 16.0 Å². The lowest BCUT2D eigenvalue weighted by atomic mass is 9.93. The van der Waals surface area contributed by atoms with Crippen LogP contribution in [0.3, 0.4) is 0 Å². The number of hydrogen-bond acceptors (Lipinski definition) is 4. The number of hydrogen-bond donors (Lipinski definition) is 3. The standard InChI is InChI=1S/C17H27N5O3/c23-15-8-7-12(11-22(15)13-5-3-1-2-4-6-13)16(24)18-10-9-14-19-17(25)21-20-14/h12-13H,1-11H2,(H,18,24)(H2,19,20,21,25). The summed E-state index contributed by atoms with van der Waals surface area (Å²) in [6.45, 7) is 0.960. The first kappa shape index (κ1) is 17.7. The molecule has 0 radical (unpaired) electrons. The maximum Gasteiger partial charge on any atom is 0.340 e. The normalized spacial score (nSPS) is 22.6. The fraction of sp³-hybridized carbons (Fsp3) is 0.765. The zero-order chi connectivity index (χ0) is 17.6. The van der Waals surface area contributed by atoms with E-state index in [1.54, 1.807) is 0 Å². The smallest absolute Gasteiger partial charge is 0.340 e. The molecule has 1 saturated heterocycles. The number of aromatic nitrogens is 3. The van der Waals surface area contributed by atoms with Gasteiger partial charge in [-0.15, -0.1) is 0 Å². The van der Waals surface area contributed by atoms with Crippen LogP contribution < -0.4 is 11.0 Å². The number of nitrogens with zero attached hydrogens (tertiary/aromatic N) is 2. The highest BCUT2D eigenvalue weighted by molar-refractivity contribution is 5.84. The Morgan fingerprint density at radius 1 is 1.16 bits per heavy atom. The average Bonchev–Trinajstić information content (AvgIpc) is 2.85. The second-order valence-corrected chi connectivity index (χ2v) is 7.09. The number of nitrogens with one attached hydrogen (secondary N) is 3. The fourth-order valence-electron chi connectivity index (χ4n) is 3.88. The van der Waals surface area contributed by atoms with Crippen molar-refractivity contribution >= 4 is 11.8 Å². The van der Waals surface area contributed by atoms with E-state index in [0.717, 1.165) is 12.8 Å². The topological polar surface area (TPSA) is 111 Å². The molecule has 1 aromatic rings. The lowest BCUT2D eigenvalue weighted by molar-refractivity contribution is -0.141. The van der Waals surface area contributed by atoms with E-state index in [0.29, 0.717) is 44.2 Å². The van der Waals surface area contributed by atoms with Gasteiger partial charge in [-0.3, -0.25) is 14.6 Å². The molecule has 0 aromatic carbocycles. The second kappa shape index (κ2) is 8.31. The fourth-order valence-corrected chi connectivity index (χ4v) is 3.88. The molecule has 25 heavy (non-hydrogen) atoms. The van der Waals surface area contributed by atoms with Gasteiger partial charge in [-0.25, -0.2) is 9.89 Å². The second-order valence-electron chi connectivity index (χ2n) is 7.09. The SMILES string of the molecule is O=C(NCCc1n[nH]c(=O)[nH]1)C1CCC(=O)N(C2CCCCCC2)C1. The molecule has 0 spiro atoms. The largest absolute Gasteiger partial charge is 0.355 e. The third-order valence-electron chi connectivity index (χ3n) is 5.29. The van der Waals surface area contributed by atoms with Gasteiger partial charge in [0.2, 0.25) is 11.8 Å². The van der Waals surface area contributed by atoms with E-state index in [2.05, 4.69) is 20.5 Å². The molecular weight excluding hydrogens is 322 g/mol. The Morgan fingerprint density at radius 3 is 2.60 bits per heavy atom. The molecule has 8 nitrogen and oxygen atoms in total. The Morgan fingerprint density at radius 2 is 1.92 bits per heavy atom.